The van der Waals surface area contributed by atoms with Crippen LogP contribution >= 0.6 is 24.0 Å². The molecule has 2 N–H and O–H groups in total. The average molecular weight is 571 g/mol. The van der Waals surface area contributed by atoms with Gasteiger partial charge in [0, 0.05) is 37.5 Å². The van der Waals surface area contributed by atoms with Crippen LogP contribution in [0.25, 0.3) is 0 Å². The molecule has 1 aliphatic rings. The lowest BCUT2D eigenvalue weighted by molar-refractivity contribution is 0.198. The molecular formula is C24H39IN6O2. The Morgan fingerprint density at radius 3 is 2.64 bits per heavy atom. The molecule has 184 valence electrons. The maximum atomic E-state index is 6.36. The lowest BCUT2D eigenvalue weighted by atomic mass is 10.1. The van der Waals surface area contributed by atoms with Gasteiger partial charge in [0.25, 0.3) is 0 Å². The normalized spacial score (nSPS) is 15.3. The molecule has 1 atom stereocenters. The van der Waals surface area contributed by atoms with Gasteiger partial charge in [-0.25, -0.2) is 4.99 Å². The topological polar surface area (TPSA) is 75.9 Å². The van der Waals surface area contributed by atoms with E-state index in [1.807, 2.05) is 30.1 Å². The van der Waals surface area contributed by atoms with Crippen molar-refractivity contribution in [1.82, 2.24) is 25.3 Å². The van der Waals surface area contributed by atoms with E-state index < -0.39 is 0 Å². The van der Waals surface area contributed by atoms with Crippen molar-refractivity contribution in [2.24, 2.45) is 12.0 Å². The smallest absolute Gasteiger partial charge is 0.191 e. The highest BCUT2D eigenvalue weighted by molar-refractivity contribution is 14.0. The molecule has 0 saturated heterocycles. The van der Waals surface area contributed by atoms with E-state index in [4.69, 9.17) is 14.5 Å². The molecule has 2 aromatic rings. The van der Waals surface area contributed by atoms with Gasteiger partial charge in [-0.3, -0.25) is 4.68 Å². The van der Waals surface area contributed by atoms with Gasteiger partial charge in [-0.1, -0.05) is 12.1 Å². The van der Waals surface area contributed by atoms with Crippen LogP contribution < -0.4 is 20.1 Å². The number of aliphatic imine (C=N–C) groups is 1. The fourth-order valence-electron chi connectivity index (χ4n) is 4.06. The molecule has 0 amide bonds. The molecule has 1 aromatic heterocycles. The number of methoxy groups -OCH3 is 1. The number of benzene rings is 1. The van der Waals surface area contributed by atoms with Crippen molar-refractivity contribution in [3.63, 3.8) is 0 Å². The average Bonchev–Trinajstić information content (AvgIpc) is 3.44. The van der Waals surface area contributed by atoms with Crippen molar-refractivity contribution in [3.05, 3.63) is 41.7 Å². The second-order valence-electron chi connectivity index (χ2n) is 8.48. The fraction of sp³-hybridized carbons (Fsp3) is 0.583. The van der Waals surface area contributed by atoms with Crippen molar-refractivity contribution in [2.75, 3.05) is 34.3 Å². The molecule has 0 radical (unpaired) electrons. The monoisotopic (exact) mass is 570 g/mol. The Labute approximate surface area is 215 Å². The minimum absolute atomic E-state index is 0. The third-order valence-corrected chi connectivity index (χ3v) is 5.81. The number of guanidine groups is 1. The van der Waals surface area contributed by atoms with Crippen LogP contribution in [-0.4, -0.2) is 61.0 Å². The number of likely N-dealkylation sites (N-methyl/N-ethyl adjacent to an activating group) is 1. The van der Waals surface area contributed by atoms with Crippen LogP contribution in [0.15, 0.2) is 35.6 Å². The second kappa shape index (κ2) is 13.6. The molecule has 0 bridgehead atoms. The molecule has 0 aliphatic heterocycles. The SMILES string of the molecule is CCNC(=NCc1cccc(OC)c1OC1CCCC1)NCC(c1cnn(C)c1)N(C)C.I. The summed E-state index contributed by atoms with van der Waals surface area (Å²) >= 11 is 0. The third kappa shape index (κ3) is 7.77. The number of para-hydroxylation sites is 1. The lowest BCUT2D eigenvalue weighted by Gasteiger charge is -2.24. The highest BCUT2D eigenvalue weighted by atomic mass is 127. The Morgan fingerprint density at radius 1 is 1.27 bits per heavy atom. The summed E-state index contributed by atoms with van der Waals surface area (Å²) in [4.78, 5) is 7.03. The van der Waals surface area contributed by atoms with Crippen molar-refractivity contribution < 1.29 is 9.47 Å². The van der Waals surface area contributed by atoms with Crippen LogP contribution in [0.1, 0.15) is 49.8 Å². The molecule has 1 saturated carbocycles. The van der Waals surface area contributed by atoms with E-state index in [0.717, 1.165) is 42.4 Å². The molecule has 1 heterocycles. The number of hydrogen-bond acceptors (Lipinski definition) is 5. The van der Waals surface area contributed by atoms with Crippen LogP contribution in [0.4, 0.5) is 0 Å². The highest BCUT2D eigenvalue weighted by Crippen LogP contribution is 2.35. The van der Waals surface area contributed by atoms with E-state index in [1.165, 1.54) is 18.4 Å². The number of aromatic nitrogens is 2. The third-order valence-electron chi connectivity index (χ3n) is 5.81. The Hall–Kier alpha value is -2.01. The van der Waals surface area contributed by atoms with Gasteiger partial charge in [-0.05, 0) is 52.8 Å². The van der Waals surface area contributed by atoms with Crippen LogP contribution in [0.2, 0.25) is 0 Å². The van der Waals surface area contributed by atoms with Crippen molar-refractivity contribution in [3.8, 4) is 11.5 Å². The first kappa shape index (κ1) is 27.2. The zero-order chi connectivity index (χ0) is 22.9. The molecule has 1 fully saturated rings. The van der Waals surface area contributed by atoms with Gasteiger partial charge >= 0.3 is 0 Å². The van der Waals surface area contributed by atoms with Gasteiger partial charge < -0.3 is 25.0 Å². The first-order chi connectivity index (χ1) is 15.5. The van der Waals surface area contributed by atoms with Crippen LogP contribution in [0, 0.1) is 0 Å². The number of halogens is 1. The molecule has 9 heteroatoms. The molecule has 1 aliphatic carbocycles. The van der Waals surface area contributed by atoms with E-state index >= 15 is 0 Å². The van der Waals surface area contributed by atoms with E-state index in [1.54, 1.807) is 7.11 Å². The zero-order valence-electron chi connectivity index (χ0n) is 20.5. The first-order valence-corrected chi connectivity index (χ1v) is 11.5. The maximum Gasteiger partial charge on any atom is 0.191 e. The van der Waals surface area contributed by atoms with Crippen LogP contribution in [0.5, 0.6) is 11.5 Å². The van der Waals surface area contributed by atoms with E-state index in [9.17, 15) is 0 Å². The van der Waals surface area contributed by atoms with Crippen LogP contribution in [0.3, 0.4) is 0 Å². The number of nitrogens with one attached hydrogen (secondary N) is 2. The molecule has 1 aromatic carbocycles. The number of rotatable bonds is 10. The van der Waals surface area contributed by atoms with Gasteiger partial charge in [-0.2, -0.15) is 5.10 Å². The summed E-state index contributed by atoms with van der Waals surface area (Å²) < 4.78 is 13.8. The Kier molecular flexibility index (Phi) is 11.3. The molecule has 8 nitrogen and oxygen atoms in total. The summed E-state index contributed by atoms with van der Waals surface area (Å²) in [5.74, 6) is 2.37. The number of hydrogen-bond donors (Lipinski definition) is 2. The second-order valence-corrected chi connectivity index (χ2v) is 8.48. The Balaban J connectivity index is 0.00000385. The van der Waals surface area contributed by atoms with Crippen molar-refractivity contribution in [1.29, 1.82) is 0 Å². The standard InChI is InChI=1S/C24H38N6O2.HI/c1-6-25-24(27-16-21(29(2)3)19-15-28-30(4)17-19)26-14-18-10-9-13-22(31-5)23(18)32-20-11-7-8-12-20;/h9-10,13,15,17,20-21H,6-8,11-12,14,16H2,1-5H3,(H2,25,26,27);1H. The quantitative estimate of drug-likeness (QED) is 0.258. The molecular weight excluding hydrogens is 531 g/mol. The van der Waals surface area contributed by atoms with Gasteiger partial charge in [0.1, 0.15) is 0 Å². The highest BCUT2D eigenvalue weighted by Gasteiger charge is 2.21. The minimum atomic E-state index is 0. The van der Waals surface area contributed by atoms with Gasteiger partial charge in [0.2, 0.25) is 0 Å². The number of nitrogens with zero attached hydrogens (tertiary/aromatic N) is 4. The van der Waals surface area contributed by atoms with E-state index in [-0.39, 0.29) is 36.1 Å². The number of ether oxygens (including phenoxy) is 2. The molecule has 1 unspecified atom stereocenters. The zero-order valence-corrected chi connectivity index (χ0v) is 22.8. The van der Waals surface area contributed by atoms with Gasteiger partial charge in [-0.15, -0.1) is 24.0 Å². The summed E-state index contributed by atoms with van der Waals surface area (Å²) in [6.07, 6.45) is 8.90. The summed E-state index contributed by atoms with van der Waals surface area (Å²) in [7, 11) is 7.78. The molecule has 3 rings (SSSR count). The van der Waals surface area contributed by atoms with E-state index in [0.29, 0.717) is 13.1 Å². The van der Waals surface area contributed by atoms with Gasteiger partial charge in [0.05, 0.1) is 32.0 Å². The summed E-state index contributed by atoms with van der Waals surface area (Å²) in [5.41, 5.74) is 2.20. The Bertz CT molecular complexity index is 880. The van der Waals surface area contributed by atoms with Gasteiger partial charge in [0.15, 0.2) is 17.5 Å². The molecule has 33 heavy (non-hydrogen) atoms. The summed E-state index contributed by atoms with van der Waals surface area (Å²) in [6.45, 7) is 4.08. The summed E-state index contributed by atoms with van der Waals surface area (Å²) in [6, 6.07) is 6.20. The summed E-state index contributed by atoms with van der Waals surface area (Å²) in [5, 5.41) is 11.2. The maximum absolute atomic E-state index is 6.36. The lowest BCUT2D eigenvalue weighted by Crippen LogP contribution is -2.41. The minimum Gasteiger partial charge on any atom is -0.493 e. The predicted molar refractivity (Wildman–Crippen MR) is 144 cm³/mol. The van der Waals surface area contributed by atoms with Crippen molar-refractivity contribution >= 4 is 29.9 Å². The number of aryl methyl sites for hydroxylation is 1. The van der Waals surface area contributed by atoms with Crippen molar-refractivity contribution in [2.45, 2.75) is 51.3 Å². The molecule has 0 spiro atoms. The largest absolute Gasteiger partial charge is 0.493 e. The van der Waals surface area contributed by atoms with Crippen LogP contribution in [-0.2, 0) is 13.6 Å². The fourth-order valence-corrected chi connectivity index (χ4v) is 4.06. The van der Waals surface area contributed by atoms with E-state index in [2.05, 4.69) is 53.9 Å². The Morgan fingerprint density at radius 2 is 2.03 bits per heavy atom. The first-order valence-electron chi connectivity index (χ1n) is 11.5. The predicted octanol–water partition coefficient (Wildman–Crippen LogP) is 3.73.